The second kappa shape index (κ2) is 8.31. The Labute approximate surface area is 181 Å². The van der Waals surface area contributed by atoms with E-state index in [4.69, 9.17) is 11.6 Å². The number of fused-ring (bicyclic) bond motifs is 1. The minimum atomic E-state index is 0.155. The fourth-order valence-electron chi connectivity index (χ4n) is 4.08. The third-order valence-corrected chi connectivity index (χ3v) is 6.84. The van der Waals surface area contributed by atoms with Crippen LogP contribution in [0.2, 0.25) is 5.02 Å². The van der Waals surface area contributed by atoms with Gasteiger partial charge in [0.1, 0.15) is 6.17 Å². The molecule has 148 valence electrons. The van der Waals surface area contributed by atoms with Gasteiger partial charge in [-0.05, 0) is 34.9 Å². The molecular formula is C24H24ClN3S. The fraction of sp³-hybridized carbons (Fsp3) is 0.250. The molecule has 0 amide bonds. The molecule has 2 aromatic rings. The highest BCUT2D eigenvalue weighted by molar-refractivity contribution is 7.99. The summed E-state index contributed by atoms with van der Waals surface area (Å²) in [7, 11) is 0. The van der Waals surface area contributed by atoms with Crippen LogP contribution >= 0.6 is 23.4 Å². The van der Waals surface area contributed by atoms with E-state index in [0.29, 0.717) is 0 Å². The third-order valence-electron chi connectivity index (χ3n) is 5.65. The van der Waals surface area contributed by atoms with Crippen LogP contribution in [0.3, 0.4) is 0 Å². The van der Waals surface area contributed by atoms with Gasteiger partial charge >= 0.3 is 0 Å². The minimum Gasteiger partial charge on any atom is -0.360 e. The van der Waals surface area contributed by atoms with E-state index >= 15 is 0 Å². The minimum absolute atomic E-state index is 0.155. The van der Waals surface area contributed by atoms with E-state index in [1.807, 2.05) is 12.1 Å². The quantitative estimate of drug-likeness (QED) is 0.756. The van der Waals surface area contributed by atoms with Gasteiger partial charge < -0.3 is 10.2 Å². The highest BCUT2D eigenvalue weighted by Crippen LogP contribution is 2.34. The van der Waals surface area contributed by atoms with Crippen LogP contribution in [0.15, 0.2) is 78.6 Å². The summed E-state index contributed by atoms with van der Waals surface area (Å²) in [6.07, 6.45) is 6.94. The first-order chi connectivity index (χ1) is 14.3. The van der Waals surface area contributed by atoms with Gasteiger partial charge in [-0.25, -0.2) is 0 Å². The Morgan fingerprint density at radius 2 is 1.72 bits per heavy atom. The Hall–Kier alpha value is -2.14. The smallest absolute Gasteiger partial charge is 0.123 e. The van der Waals surface area contributed by atoms with Crippen LogP contribution in [0.5, 0.6) is 0 Å². The predicted molar refractivity (Wildman–Crippen MR) is 124 cm³/mol. The lowest BCUT2D eigenvalue weighted by Crippen LogP contribution is -2.39. The molecule has 5 heteroatoms. The van der Waals surface area contributed by atoms with Gasteiger partial charge in [-0.2, -0.15) is 11.8 Å². The van der Waals surface area contributed by atoms with Crippen molar-refractivity contribution in [3.05, 3.63) is 94.8 Å². The molecule has 0 radical (unpaired) electrons. The van der Waals surface area contributed by atoms with E-state index in [0.717, 1.165) is 24.7 Å². The molecule has 1 fully saturated rings. The van der Waals surface area contributed by atoms with Gasteiger partial charge in [0.15, 0.2) is 0 Å². The van der Waals surface area contributed by atoms with Crippen LogP contribution in [-0.4, -0.2) is 47.1 Å². The lowest BCUT2D eigenvalue weighted by molar-refractivity contribution is 0.290. The molecule has 1 saturated heterocycles. The largest absolute Gasteiger partial charge is 0.360 e. The van der Waals surface area contributed by atoms with E-state index < -0.39 is 0 Å². The zero-order chi connectivity index (χ0) is 19.6. The number of halogens is 1. The standard InChI is InChI=1S/C24H24ClN3S/c25-21-9-6-19(7-10-21)24-22(17-27-12-14-29-15-13-27)28-16-20(8-11-23(28)26-24)18-4-2-1-3-5-18/h1-11,16,23,26H,12-15,17H2. The normalized spacial score (nSPS) is 21.8. The van der Waals surface area contributed by atoms with Gasteiger partial charge in [0, 0.05) is 42.4 Å². The molecule has 3 heterocycles. The summed E-state index contributed by atoms with van der Waals surface area (Å²) in [4.78, 5) is 4.98. The molecule has 0 aliphatic carbocycles. The highest BCUT2D eigenvalue weighted by atomic mass is 35.5. The number of benzene rings is 2. The van der Waals surface area contributed by atoms with E-state index in [2.05, 4.69) is 87.7 Å². The summed E-state index contributed by atoms with van der Waals surface area (Å²) in [5, 5.41) is 4.51. The summed E-state index contributed by atoms with van der Waals surface area (Å²) < 4.78 is 0. The summed E-state index contributed by atoms with van der Waals surface area (Å²) in [5.41, 5.74) is 6.22. The number of thioether (sulfide) groups is 1. The summed E-state index contributed by atoms with van der Waals surface area (Å²) in [5.74, 6) is 2.43. The molecule has 1 unspecified atom stereocenters. The van der Waals surface area contributed by atoms with Crippen LogP contribution < -0.4 is 5.32 Å². The van der Waals surface area contributed by atoms with E-state index in [9.17, 15) is 0 Å². The molecule has 5 rings (SSSR count). The Bertz CT molecular complexity index is 959. The number of hydrogen-bond acceptors (Lipinski definition) is 4. The van der Waals surface area contributed by atoms with Crippen LogP contribution in [0, 0.1) is 0 Å². The highest BCUT2D eigenvalue weighted by Gasteiger charge is 2.32. The van der Waals surface area contributed by atoms with E-state index in [1.165, 1.54) is 39.6 Å². The van der Waals surface area contributed by atoms with Gasteiger partial charge in [-0.3, -0.25) is 4.90 Å². The predicted octanol–water partition coefficient (Wildman–Crippen LogP) is 4.90. The molecule has 3 aliphatic rings. The van der Waals surface area contributed by atoms with Gasteiger partial charge in [0.25, 0.3) is 0 Å². The summed E-state index contributed by atoms with van der Waals surface area (Å²) in [6.45, 7) is 3.24. The third kappa shape index (κ3) is 3.97. The van der Waals surface area contributed by atoms with Crippen molar-refractivity contribution in [2.24, 2.45) is 0 Å². The van der Waals surface area contributed by atoms with E-state index in [1.54, 1.807) is 0 Å². The second-order valence-corrected chi connectivity index (χ2v) is 9.18. The molecule has 1 N–H and O–H groups in total. The molecule has 0 aromatic heterocycles. The van der Waals surface area contributed by atoms with Crippen LogP contribution in [0.25, 0.3) is 11.3 Å². The molecule has 0 saturated carbocycles. The van der Waals surface area contributed by atoms with Crippen molar-refractivity contribution in [3.8, 4) is 0 Å². The summed E-state index contributed by atoms with van der Waals surface area (Å²) >= 11 is 8.19. The van der Waals surface area contributed by atoms with Gasteiger partial charge in [-0.15, -0.1) is 0 Å². The first-order valence-electron chi connectivity index (χ1n) is 10.1. The van der Waals surface area contributed by atoms with Crippen molar-refractivity contribution < 1.29 is 0 Å². The van der Waals surface area contributed by atoms with Crippen molar-refractivity contribution in [2.45, 2.75) is 6.17 Å². The number of allylic oxidation sites excluding steroid dienone is 2. The molecule has 29 heavy (non-hydrogen) atoms. The van der Waals surface area contributed by atoms with E-state index in [-0.39, 0.29) is 6.17 Å². The number of nitrogens with one attached hydrogen (secondary N) is 1. The number of nitrogens with zero attached hydrogens (tertiary/aromatic N) is 2. The molecule has 1 atom stereocenters. The maximum absolute atomic E-state index is 6.14. The molecule has 0 bridgehead atoms. The maximum Gasteiger partial charge on any atom is 0.123 e. The molecule has 0 spiro atoms. The van der Waals surface area contributed by atoms with Crippen molar-refractivity contribution in [3.63, 3.8) is 0 Å². The average Bonchev–Trinajstić information content (AvgIpc) is 3.13. The maximum atomic E-state index is 6.14. The Morgan fingerprint density at radius 3 is 2.48 bits per heavy atom. The molecule has 3 nitrogen and oxygen atoms in total. The van der Waals surface area contributed by atoms with Crippen LogP contribution in [0.1, 0.15) is 11.1 Å². The van der Waals surface area contributed by atoms with Crippen LogP contribution in [-0.2, 0) is 0 Å². The van der Waals surface area contributed by atoms with Crippen molar-refractivity contribution >= 4 is 34.6 Å². The SMILES string of the molecule is Clc1ccc(C2=C(CN3CCSCC3)N3C=C(c4ccccc4)C=CC3N2)cc1. The van der Waals surface area contributed by atoms with Gasteiger partial charge in [0.2, 0.25) is 0 Å². The second-order valence-electron chi connectivity index (χ2n) is 7.52. The molecular weight excluding hydrogens is 398 g/mol. The number of rotatable bonds is 4. The average molecular weight is 422 g/mol. The first kappa shape index (κ1) is 18.9. The first-order valence-corrected chi connectivity index (χ1v) is 11.6. The van der Waals surface area contributed by atoms with Crippen molar-refractivity contribution in [2.75, 3.05) is 31.1 Å². The topological polar surface area (TPSA) is 18.5 Å². The summed E-state index contributed by atoms with van der Waals surface area (Å²) in [6, 6.07) is 18.8. The van der Waals surface area contributed by atoms with Crippen LogP contribution in [0.4, 0.5) is 0 Å². The van der Waals surface area contributed by atoms with Crippen molar-refractivity contribution in [1.82, 2.24) is 15.1 Å². The molecule has 2 aromatic carbocycles. The zero-order valence-electron chi connectivity index (χ0n) is 16.2. The van der Waals surface area contributed by atoms with Gasteiger partial charge in [-0.1, -0.05) is 60.1 Å². The zero-order valence-corrected chi connectivity index (χ0v) is 17.8. The number of hydrogen-bond donors (Lipinski definition) is 1. The lowest BCUT2D eigenvalue weighted by Gasteiger charge is -2.32. The molecule has 3 aliphatic heterocycles. The fourth-order valence-corrected chi connectivity index (χ4v) is 5.19. The Morgan fingerprint density at radius 1 is 0.966 bits per heavy atom. The monoisotopic (exact) mass is 421 g/mol. The lowest BCUT2D eigenvalue weighted by atomic mass is 10.0. The Balaban J connectivity index is 1.52. The van der Waals surface area contributed by atoms with Gasteiger partial charge in [0.05, 0.1) is 11.4 Å². The van der Waals surface area contributed by atoms with Crippen molar-refractivity contribution in [1.29, 1.82) is 0 Å². The Kier molecular flexibility index (Phi) is 5.40.